The van der Waals surface area contributed by atoms with E-state index in [-0.39, 0.29) is 0 Å². The molecule has 0 spiro atoms. The third kappa shape index (κ3) is 3.27. The minimum atomic E-state index is -0.816. The third-order valence-corrected chi connectivity index (χ3v) is 5.47. The van der Waals surface area contributed by atoms with E-state index in [0.29, 0.717) is 17.5 Å². The van der Waals surface area contributed by atoms with Crippen molar-refractivity contribution in [1.29, 1.82) is 0 Å². The van der Waals surface area contributed by atoms with Gasteiger partial charge in [-0.25, -0.2) is 4.79 Å². The van der Waals surface area contributed by atoms with Crippen molar-refractivity contribution in [1.82, 2.24) is 5.32 Å². The fraction of sp³-hybridized carbons (Fsp3) is 0.471. The SMILES string of the molecule is CCC(CC1CC1)NCc1c(C(=O)O)sc2ccccc12. The molecule has 3 nitrogen and oxygen atoms in total. The predicted octanol–water partition coefficient (Wildman–Crippen LogP) is 4.27. The highest BCUT2D eigenvalue weighted by molar-refractivity contribution is 7.21. The lowest BCUT2D eigenvalue weighted by Crippen LogP contribution is -2.28. The van der Waals surface area contributed by atoms with Crippen LogP contribution in [0.5, 0.6) is 0 Å². The number of carboxylic acid groups (broad SMARTS) is 1. The number of nitrogens with one attached hydrogen (secondary N) is 1. The van der Waals surface area contributed by atoms with Crippen molar-refractivity contribution in [2.24, 2.45) is 5.92 Å². The Morgan fingerprint density at radius 1 is 1.43 bits per heavy atom. The molecule has 2 N–H and O–H groups in total. The molecule has 21 heavy (non-hydrogen) atoms. The normalized spacial score (nSPS) is 16.2. The molecule has 1 atom stereocenters. The van der Waals surface area contributed by atoms with E-state index in [9.17, 15) is 9.90 Å². The van der Waals surface area contributed by atoms with Crippen LogP contribution in [0.3, 0.4) is 0 Å². The average Bonchev–Trinajstić information content (AvgIpc) is 3.22. The fourth-order valence-electron chi connectivity index (χ4n) is 2.84. The first-order valence-corrected chi connectivity index (χ1v) is 8.47. The first-order valence-electron chi connectivity index (χ1n) is 7.66. The fourth-order valence-corrected chi connectivity index (χ4v) is 3.90. The molecule has 0 amide bonds. The number of carbonyl (C=O) groups is 1. The van der Waals surface area contributed by atoms with Crippen LogP contribution in [0.1, 0.15) is 47.8 Å². The number of rotatable bonds is 7. The maximum Gasteiger partial charge on any atom is 0.346 e. The molecule has 112 valence electrons. The summed E-state index contributed by atoms with van der Waals surface area (Å²) in [6.45, 7) is 2.85. The number of benzene rings is 1. The Hall–Kier alpha value is -1.39. The zero-order valence-electron chi connectivity index (χ0n) is 12.3. The molecule has 1 heterocycles. The van der Waals surface area contributed by atoms with E-state index in [1.807, 2.05) is 24.3 Å². The molecular formula is C17H21NO2S. The first-order chi connectivity index (χ1) is 10.2. The van der Waals surface area contributed by atoms with Crippen LogP contribution in [0.15, 0.2) is 24.3 Å². The van der Waals surface area contributed by atoms with Crippen molar-refractivity contribution < 1.29 is 9.90 Å². The van der Waals surface area contributed by atoms with Crippen LogP contribution in [0.25, 0.3) is 10.1 Å². The highest BCUT2D eigenvalue weighted by Gasteiger charge is 2.25. The first kappa shape index (κ1) is 14.5. The molecule has 1 unspecified atom stereocenters. The summed E-state index contributed by atoms with van der Waals surface area (Å²) >= 11 is 1.38. The van der Waals surface area contributed by atoms with E-state index in [1.54, 1.807) is 0 Å². The van der Waals surface area contributed by atoms with E-state index < -0.39 is 5.97 Å². The summed E-state index contributed by atoms with van der Waals surface area (Å²) in [6, 6.07) is 8.46. The predicted molar refractivity (Wildman–Crippen MR) is 87.0 cm³/mol. The summed E-state index contributed by atoms with van der Waals surface area (Å²) in [5, 5.41) is 14.1. The molecule has 2 aromatic rings. The van der Waals surface area contributed by atoms with Crippen molar-refractivity contribution in [3.63, 3.8) is 0 Å². The molecule has 1 aromatic carbocycles. The third-order valence-electron chi connectivity index (χ3n) is 4.27. The zero-order chi connectivity index (χ0) is 14.8. The van der Waals surface area contributed by atoms with Gasteiger partial charge in [-0.3, -0.25) is 0 Å². The molecule has 1 aliphatic rings. The van der Waals surface area contributed by atoms with Gasteiger partial charge in [0.15, 0.2) is 0 Å². The Balaban J connectivity index is 1.80. The van der Waals surface area contributed by atoms with E-state index in [0.717, 1.165) is 28.0 Å². The highest BCUT2D eigenvalue weighted by atomic mass is 32.1. The Kier molecular flexibility index (Phi) is 4.27. The van der Waals surface area contributed by atoms with E-state index in [4.69, 9.17) is 0 Å². The van der Waals surface area contributed by atoms with Crippen LogP contribution in [0, 0.1) is 5.92 Å². The van der Waals surface area contributed by atoms with Gasteiger partial charge in [0.1, 0.15) is 4.88 Å². The van der Waals surface area contributed by atoms with E-state index >= 15 is 0 Å². The maximum atomic E-state index is 11.5. The lowest BCUT2D eigenvalue weighted by atomic mass is 10.1. The van der Waals surface area contributed by atoms with Crippen molar-refractivity contribution in [2.45, 2.75) is 45.2 Å². The highest BCUT2D eigenvalue weighted by Crippen LogP contribution is 2.35. The van der Waals surface area contributed by atoms with Gasteiger partial charge in [-0.1, -0.05) is 38.0 Å². The molecule has 0 saturated heterocycles. The molecule has 4 heteroatoms. The number of hydrogen-bond acceptors (Lipinski definition) is 3. The smallest absolute Gasteiger partial charge is 0.346 e. The number of hydrogen-bond donors (Lipinski definition) is 2. The summed E-state index contributed by atoms with van der Waals surface area (Å²) in [7, 11) is 0. The van der Waals surface area contributed by atoms with Gasteiger partial charge in [-0.05, 0) is 35.8 Å². The molecular weight excluding hydrogens is 282 g/mol. The maximum absolute atomic E-state index is 11.5. The van der Waals surface area contributed by atoms with Gasteiger partial charge in [-0.15, -0.1) is 11.3 Å². The van der Waals surface area contributed by atoms with Gasteiger partial charge in [0, 0.05) is 17.3 Å². The molecule has 1 aliphatic carbocycles. The van der Waals surface area contributed by atoms with Crippen molar-refractivity contribution in [2.75, 3.05) is 0 Å². The minimum absolute atomic E-state index is 0.477. The van der Waals surface area contributed by atoms with Gasteiger partial charge in [-0.2, -0.15) is 0 Å². The quantitative estimate of drug-likeness (QED) is 0.803. The molecule has 1 aromatic heterocycles. The van der Waals surface area contributed by atoms with E-state index in [1.165, 1.54) is 30.6 Å². The number of aromatic carboxylic acids is 1. The number of fused-ring (bicyclic) bond motifs is 1. The molecule has 0 radical (unpaired) electrons. The van der Waals surface area contributed by atoms with Gasteiger partial charge in [0.2, 0.25) is 0 Å². The molecule has 0 aliphatic heterocycles. The van der Waals surface area contributed by atoms with Gasteiger partial charge in [0.25, 0.3) is 0 Å². The van der Waals surface area contributed by atoms with Crippen LogP contribution < -0.4 is 5.32 Å². The van der Waals surface area contributed by atoms with Crippen LogP contribution in [0.4, 0.5) is 0 Å². The minimum Gasteiger partial charge on any atom is -0.477 e. The molecule has 1 fully saturated rings. The molecule has 1 saturated carbocycles. The van der Waals surface area contributed by atoms with Crippen LogP contribution in [0.2, 0.25) is 0 Å². The van der Waals surface area contributed by atoms with Gasteiger partial charge >= 0.3 is 5.97 Å². The Morgan fingerprint density at radius 3 is 2.86 bits per heavy atom. The second kappa shape index (κ2) is 6.16. The summed E-state index contributed by atoms with van der Waals surface area (Å²) < 4.78 is 1.06. The standard InChI is InChI=1S/C17H21NO2S/c1-2-12(9-11-7-8-11)18-10-14-13-5-3-4-6-15(13)21-16(14)17(19)20/h3-6,11-12,18H,2,7-10H2,1H3,(H,19,20). The lowest BCUT2D eigenvalue weighted by Gasteiger charge is -2.16. The molecule has 3 rings (SSSR count). The summed E-state index contributed by atoms with van der Waals surface area (Å²) in [5.41, 5.74) is 0.942. The van der Waals surface area contributed by atoms with Crippen LogP contribution >= 0.6 is 11.3 Å². The summed E-state index contributed by atoms with van der Waals surface area (Å²) in [6.07, 6.45) is 5.04. The Bertz CT molecular complexity index is 645. The summed E-state index contributed by atoms with van der Waals surface area (Å²) in [4.78, 5) is 12.0. The average molecular weight is 303 g/mol. The van der Waals surface area contributed by atoms with E-state index in [2.05, 4.69) is 12.2 Å². The number of thiophene rings is 1. The lowest BCUT2D eigenvalue weighted by molar-refractivity contribution is 0.0701. The van der Waals surface area contributed by atoms with Gasteiger partial charge < -0.3 is 10.4 Å². The number of carboxylic acids is 1. The van der Waals surface area contributed by atoms with Crippen molar-refractivity contribution >= 4 is 27.4 Å². The monoisotopic (exact) mass is 303 g/mol. The Labute approximate surface area is 129 Å². The van der Waals surface area contributed by atoms with Crippen LogP contribution in [-0.4, -0.2) is 17.1 Å². The van der Waals surface area contributed by atoms with Gasteiger partial charge in [0.05, 0.1) is 0 Å². The second-order valence-corrected chi connectivity index (χ2v) is 6.93. The molecule has 0 bridgehead atoms. The largest absolute Gasteiger partial charge is 0.477 e. The second-order valence-electron chi connectivity index (χ2n) is 5.88. The topological polar surface area (TPSA) is 49.3 Å². The Morgan fingerprint density at radius 2 is 2.19 bits per heavy atom. The zero-order valence-corrected chi connectivity index (χ0v) is 13.1. The van der Waals surface area contributed by atoms with Crippen LogP contribution in [-0.2, 0) is 6.54 Å². The van der Waals surface area contributed by atoms with Crippen molar-refractivity contribution in [3.8, 4) is 0 Å². The van der Waals surface area contributed by atoms with Crippen molar-refractivity contribution in [3.05, 3.63) is 34.7 Å². The summed E-state index contributed by atoms with van der Waals surface area (Å²) in [5.74, 6) is 0.0730.